The van der Waals surface area contributed by atoms with E-state index in [0.717, 1.165) is 15.3 Å². The number of hydrogen-bond donors (Lipinski definition) is 0. The fourth-order valence-electron chi connectivity index (χ4n) is 2.42. The van der Waals surface area contributed by atoms with Crippen LogP contribution in [-0.2, 0) is 11.3 Å². The van der Waals surface area contributed by atoms with Crippen molar-refractivity contribution in [2.45, 2.75) is 26.8 Å². The highest BCUT2D eigenvalue weighted by molar-refractivity contribution is 7.18. The number of nitrogens with zero attached hydrogens (tertiary/aromatic N) is 3. The molecule has 0 aliphatic carbocycles. The van der Waals surface area contributed by atoms with Gasteiger partial charge in [0.25, 0.3) is 5.56 Å². The van der Waals surface area contributed by atoms with Gasteiger partial charge in [-0.15, -0.1) is 11.3 Å². The summed E-state index contributed by atoms with van der Waals surface area (Å²) in [5.41, 5.74) is 1.29. The zero-order valence-electron chi connectivity index (χ0n) is 13.8. The van der Waals surface area contributed by atoms with Gasteiger partial charge in [-0.25, -0.2) is 4.98 Å². The van der Waals surface area contributed by atoms with E-state index < -0.39 is 5.97 Å². The van der Waals surface area contributed by atoms with E-state index in [0.29, 0.717) is 16.7 Å². The molecule has 0 amide bonds. The summed E-state index contributed by atoms with van der Waals surface area (Å²) in [6.45, 7) is 4.06. The van der Waals surface area contributed by atoms with Crippen molar-refractivity contribution in [3.05, 3.63) is 57.0 Å². The highest BCUT2D eigenvalue weighted by atomic mass is 32.1. The Morgan fingerprint density at radius 3 is 2.72 bits per heavy atom. The standard InChI is InChI=1S/C18H15N3O3S/c1-11-12(2)25-17-16(11)18(23)21(10-20-17)8-7-15(22)24-14-5-3-13(9-19)4-6-14/h3-6,10H,7-8H2,1-2H3. The second kappa shape index (κ2) is 6.87. The van der Waals surface area contributed by atoms with Gasteiger partial charge in [0.05, 0.1) is 29.8 Å². The molecule has 0 bridgehead atoms. The number of rotatable bonds is 4. The maximum absolute atomic E-state index is 12.6. The number of benzene rings is 1. The molecule has 0 saturated heterocycles. The van der Waals surface area contributed by atoms with Gasteiger partial charge in [0.15, 0.2) is 0 Å². The van der Waals surface area contributed by atoms with Gasteiger partial charge in [0.2, 0.25) is 0 Å². The van der Waals surface area contributed by atoms with Gasteiger partial charge in [-0.1, -0.05) is 0 Å². The minimum absolute atomic E-state index is 0.0509. The molecule has 0 spiro atoms. The molecule has 2 heterocycles. The SMILES string of the molecule is Cc1sc2ncn(CCC(=O)Oc3ccc(C#N)cc3)c(=O)c2c1C. The van der Waals surface area contributed by atoms with Crippen LogP contribution in [-0.4, -0.2) is 15.5 Å². The minimum atomic E-state index is -0.449. The Balaban J connectivity index is 1.70. The van der Waals surface area contributed by atoms with Crippen molar-refractivity contribution in [2.75, 3.05) is 0 Å². The van der Waals surface area contributed by atoms with Crippen molar-refractivity contribution in [3.63, 3.8) is 0 Å². The summed E-state index contributed by atoms with van der Waals surface area (Å²) in [5, 5.41) is 9.36. The third kappa shape index (κ3) is 3.44. The minimum Gasteiger partial charge on any atom is -0.426 e. The molecule has 0 aliphatic rings. The van der Waals surface area contributed by atoms with E-state index >= 15 is 0 Å². The highest BCUT2D eigenvalue weighted by Crippen LogP contribution is 2.25. The number of thiophene rings is 1. The molecular weight excluding hydrogens is 338 g/mol. The largest absolute Gasteiger partial charge is 0.426 e. The first-order valence-electron chi connectivity index (χ1n) is 7.65. The van der Waals surface area contributed by atoms with Crippen LogP contribution in [0.15, 0.2) is 35.4 Å². The normalized spacial score (nSPS) is 10.6. The molecule has 0 radical (unpaired) electrons. The maximum atomic E-state index is 12.6. The molecule has 0 unspecified atom stereocenters. The summed E-state index contributed by atoms with van der Waals surface area (Å²) < 4.78 is 6.64. The Hall–Kier alpha value is -2.98. The van der Waals surface area contributed by atoms with Gasteiger partial charge < -0.3 is 4.74 Å². The summed E-state index contributed by atoms with van der Waals surface area (Å²) >= 11 is 1.49. The molecule has 1 aromatic carbocycles. The lowest BCUT2D eigenvalue weighted by molar-refractivity contribution is -0.134. The van der Waals surface area contributed by atoms with Crippen LogP contribution in [0.3, 0.4) is 0 Å². The van der Waals surface area contributed by atoms with Gasteiger partial charge in [0, 0.05) is 11.4 Å². The number of aryl methyl sites for hydroxylation is 3. The molecule has 25 heavy (non-hydrogen) atoms. The van der Waals surface area contributed by atoms with E-state index in [9.17, 15) is 9.59 Å². The average Bonchev–Trinajstić information content (AvgIpc) is 2.90. The summed E-state index contributed by atoms with van der Waals surface area (Å²) in [6, 6.07) is 8.28. The predicted molar refractivity (Wildman–Crippen MR) is 94.8 cm³/mol. The van der Waals surface area contributed by atoms with Crippen LogP contribution in [0.5, 0.6) is 5.75 Å². The maximum Gasteiger partial charge on any atom is 0.312 e. The van der Waals surface area contributed by atoms with Crippen molar-refractivity contribution < 1.29 is 9.53 Å². The Kier molecular flexibility index (Phi) is 4.63. The molecule has 0 aliphatic heterocycles. The number of ether oxygens (including phenoxy) is 1. The fraction of sp³-hybridized carbons (Fsp3) is 0.222. The Labute approximate surface area is 147 Å². The number of hydrogen-bond acceptors (Lipinski definition) is 6. The van der Waals surface area contributed by atoms with E-state index in [1.54, 1.807) is 24.3 Å². The average molecular weight is 353 g/mol. The Morgan fingerprint density at radius 2 is 2.04 bits per heavy atom. The number of esters is 1. The first-order chi connectivity index (χ1) is 12.0. The molecule has 0 fully saturated rings. The van der Waals surface area contributed by atoms with Crippen molar-refractivity contribution in [2.24, 2.45) is 0 Å². The van der Waals surface area contributed by atoms with Crippen LogP contribution in [0.4, 0.5) is 0 Å². The molecule has 0 atom stereocenters. The van der Waals surface area contributed by atoms with Crippen molar-refractivity contribution in [3.8, 4) is 11.8 Å². The van der Waals surface area contributed by atoms with Gasteiger partial charge in [-0.2, -0.15) is 5.26 Å². The van der Waals surface area contributed by atoms with E-state index in [-0.39, 0.29) is 18.5 Å². The lowest BCUT2D eigenvalue weighted by atomic mass is 10.2. The summed E-state index contributed by atoms with van der Waals surface area (Å²) in [5.74, 6) is -0.0795. The molecule has 7 heteroatoms. The first-order valence-corrected chi connectivity index (χ1v) is 8.47. The number of carbonyl (C=O) groups excluding carboxylic acids is 1. The first kappa shape index (κ1) is 16.9. The van der Waals surface area contributed by atoms with Crippen LogP contribution in [0.2, 0.25) is 0 Å². The lowest BCUT2D eigenvalue weighted by Gasteiger charge is -2.06. The van der Waals surface area contributed by atoms with Gasteiger partial charge in [0.1, 0.15) is 10.6 Å². The van der Waals surface area contributed by atoms with Crippen LogP contribution >= 0.6 is 11.3 Å². The van der Waals surface area contributed by atoms with E-state index in [2.05, 4.69) is 4.98 Å². The number of carbonyl (C=O) groups is 1. The molecule has 6 nitrogen and oxygen atoms in total. The second-order valence-electron chi connectivity index (χ2n) is 5.57. The quantitative estimate of drug-likeness (QED) is 0.532. The van der Waals surface area contributed by atoms with Crippen LogP contribution in [0.25, 0.3) is 10.2 Å². The molecule has 0 N–H and O–H groups in total. The Bertz CT molecular complexity index is 1040. The van der Waals surface area contributed by atoms with Crippen molar-refractivity contribution in [1.82, 2.24) is 9.55 Å². The fourth-order valence-corrected chi connectivity index (χ4v) is 3.41. The molecule has 3 rings (SSSR count). The number of aromatic nitrogens is 2. The van der Waals surface area contributed by atoms with E-state index in [1.165, 1.54) is 22.2 Å². The van der Waals surface area contributed by atoms with Crippen LogP contribution in [0.1, 0.15) is 22.4 Å². The number of nitriles is 1. The molecule has 0 saturated carbocycles. The van der Waals surface area contributed by atoms with Crippen molar-refractivity contribution >= 4 is 27.5 Å². The third-order valence-corrected chi connectivity index (χ3v) is 5.04. The predicted octanol–water partition coefficient (Wildman–Crippen LogP) is 2.94. The van der Waals surface area contributed by atoms with Gasteiger partial charge >= 0.3 is 5.97 Å². The molecular formula is C18H15N3O3S. The topological polar surface area (TPSA) is 85.0 Å². The smallest absolute Gasteiger partial charge is 0.312 e. The highest BCUT2D eigenvalue weighted by Gasteiger charge is 2.13. The monoisotopic (exact) mass is 353 g/mol. The van der Waals surface area contributed by atoms with E-state index in [1.807, 2.05) is 19.9 Å². The summed E-state index contributed by atoms with van der Waals surface area (Å²) in [7, 11) is 0. The lowest BCUT2D eigenvalue weighted by Crippen LogP contribution is -2.23. The van der Waals surface area contributed by atoms with Crippen molar-refractivity contribution in [1.29, 1.82) is 5.26 Å². The zero-order chi connectivity index (χ0) is 18.0. The number of fused-ring (bicyclic) bond motifs is 1. The summed E-state index contributed by atoms with van der Waals surface area (Å²) in [4.78, 5) is 30.6. The summed E-state index contributed by atoms with van der Waals surface area (Å²) in [6.07, 6.45) is 1.52. The second-order valence-corrected chi connectivity index (χ2v) is 6.77. The molecule has 126 valence electrons. The van der Waals surface area contributed by atoms with Gasteiger partial charge in [-0.05, 0) is 43.7 Å². The third-order valence-electron chi connectivity index (χ3n) is 3.93. The molecule has 3 aromatic rings. The van der Waals surface area contributed by atoms with Gasteiger partial charge in [-0.3, -0.25) is 14.2 Å². The van der Waals surface area contributed by atoms with E-state index in [4.69, 9.17) is 10.00 Å². The molecule has 2 aromatic heterocycles. The zero-order valence-corrected chi connectivity index (χ0v) is 14.6. The Morgan fingerprint density at radius 1 is 1.32 bits per heavy atom. The van der Waals surface area contributed by atoms with Crippen LogP contribution in [0, 0.1) is 25.2 Å². The van der Waals surface area contributed by atoms with Crippen LogP contribution < -0.4 is 10.3 Å².